The maximum atomic E-state index is 9.80. The van der Waals surface area contributed by atoms with E-state index in [1.807, 2.05) is 6.92 Å². The average Bonchev–Trinajstić information content (AvgIpc) is 2.55. The highest BCUT2D eigenvalue weighted by Crippen LogP contribution is 2.23. The molecule has 1 heterocycles. The molecule has 3 heteroatoms. The van der Waals surface area contributed by atoms with E-state index in [4.69, 9.17) is 10.2 Å². The summed E-state index contributed by atoms with van der Waals surface area (Å²) >= 11 is 0. The maximum Gasteiger partial charge on any atom is 0.105 e. The number of hydrogen-bond acceptors (Lipinski definition) is 3. The van der Waals surface area contributed by atoms with Crippen molar-refractivity contribution in [2.24, 2.45) is 5.73 Å². The first-order valence-corrected chi connectivity index (χ1v) is 3.68. The lowest BCUT2D eigenvalue weighted by Gasteiger charge is -2.22. The van der Waals surface area contributed by atoms with Gasteiger partial charge in [0.1, 0.15) is 5.60 Å². The minimum absolute atomic E-state index is 0.225. The Balaban J connectivity index is 2.87. The van der Waals surface area contributed by atoms with Crippen molar-refractivity contribution in [3.8, 4) is 0 Å². The molecule has 0 radical (unpaired) electrons. The van der Waals surface area contributed by atoms with Crippen molar-refractivity contribution in [2.75, 3.05) is 6.54 Å². The molecule has 0 fully saturated rings. The standard InChI is InChI=1S/C8H13NO2/c1-2-8(10,6-9)7-3-4-11-5-7/h3-5,10H,2,6,9H2,1H3. The highest BCUT2D eigenvalue weighted by Gasteiger charge is 2.25. The summed E-state index contributed by atoms with van der Waals surface area (Å²) in [6.45, 7) is 2.11. The second-order valence-corrected chi connectivity index (χ2v) is 2.60. The second kappa shape index (κ2) is 3.07. The van der Waals surface area contributed by atoms with Crippen LogP contribution in [0.4, 0.5) is 0 Å². The van der Waals surface area contributed by atoms with Crippen LogP contribution < -0.4 is 5.73 Å². The summed E-state index contributed by atoms with van der Waals surface area (Å²) in [6.07, 6.45) is 3.66. The van der Waals surface area contributed by atoms with Crippen molar-refractivity contribution in [3.63, 3.8) is 0 Å². The summed E-state index contributed by atoms with van der Waals surface area (Å²) in [7, 11) is 0. The molecular formula is C8H13NO2. The van der Waals surface area contributed by atoms with Gasteiger partial charge in [0.05, 0.1) is 12.5 Å². The van der Waals surface area contributed by atoms with Crippen LogP contribution in [-0.4, -0.2) is 11.7 Å². The molecule has 1 aromatic heterocycles. The Hall–Kier alpha value is -0.800. The first-order valence-electron chi connectivity index (χ1n) is 3.68. The molecule has 0 spiro atoms. The van der Waals surface area contributed by atoms with E-state index >= 15 is 0 Å². The fraction of sp³-hybridized carbons (Fsp3) is 0.500. The molecule has 62 valence electrons. The Morgan fingerprint density at radius 3 is 2.82 bits per heavy atom. The number of aliphatic hydroxyl groups is 1. The van der Waals surface area contributed by atoms with E-state index in [0.29, 0.717) is 6.42 Å². The van der Waals surface area contributed by atoms with Crippen molar-refractivity contribution >= 4 is 0 Å². The average molecular weight is 155 g/mol. The topological polar surface area (TPSA) is 59.4 Å². The minimum Gasteiger partial charge on any atom is -0.472 e. The lowest BCUT2D eigenvalue weighted by atomic mass is 9.94. The van der Waals surface area contributed by atoms with Crippen molar-refractivity contribution in [1.29, 1.82) is 0 Å². The number of rotatable bonds is 3. The van der Waals surface area contributed by atoms with E-state index < -0.39 is 5.60 Å². The van der Waals surface area contributed by atoms with Crippen LogP contribution in [0.5, 0.6) is 0 Å². The molecule has 1 rings (SSSR count). The van der Waals surface area contributed by atoms with Crippen LogP contribution in [0.2, 0.25) is 0 Å². The van der Waals surface area contributed by atoms with Crippen molar-refractivity contribution in [2.45, 2.75) is 18.9 Å². The van der Waals surface area contributed by atoms with E-state index in [9.17, 15) is 5.11 Å². The summed E-state index contributed by atoms with van der Waals surface area (Å²) in [5.74, 6) is 0. The summed E-state index contributed by atoms with van der Waals surface area (Å²) in [4.78, 5) is 0. The molecular weight excluding hydrogens is 142 g/mol. The van der Waals surface area contributed by atoms with Crippen LogP contribution >= 0.6 is 0 Å². The number of nitrogens with two attached hydrogens (primary N) is 1. The first-order chi connectivity index (χ1) is 5.23. The summed E-state index contributed by atoms with van der Waals surface area (Å²) in [5.41, 5.74) is 5.26. The lowest BCUT2D eigenvalue weighted by Crippen LogP contribution is -2.33. The SMILES string of the molecule is CCC(O)(CN)c1ccoc1. The molecule has 0 aliphatic rings. The van der Waals surface area contributed by atoms with Gasteiger partial charge in [0.15, 0.2) is 0 Å². The van der Waals surface area contributed by atoms with Gasteiger partial charge in [-0.2, -0.15) is 0 Å². The molecule has 0 aliphatic heterocycles. The van der Waals surface area contributed by atoms with Crippen LogP contribution in [0.25, 0.3) is 0 Å². The summed E-state index contributed by atoms with van der Waals surface area (Å²) in [6, 6.07) is 1.73. The zero-order valence-electron chi connectivity index (χ0n) is 6.58. The molecule has 0 saturated carbocycles. The van der Waals surface area contributed by atoms with Gasteiger partial charge >= 0.3 is 0 Å². The van der Waals surface area contributed by atoms with Crippen LogP contribution in [0.3, 0.4) is 0 Å². The van der Waals surface area contributed by atoms with Gasteiger partial charge in [-0.3, -0.25) is 0 Å². The van der Waals surface area contributed by atoms with Gasteiger partial charge in [-0.1, -0.05) is 6.92 Å². The lowest BCUT2D eigenvalue weighted by molar-refractivity contribution is 0.0413. The predicted molar refractivity (Wildman–Crippen MR) is 42.0 cm³/mol. The van der Waals surface area contributed by atoms with Crippen LogP contribution in [-0.2, 0) is 5.60 Å². The Bertz CT molecular complexity index is 202. The zero-order valence-corrected chi connectivity index (χ0v) is 6.58. The van der Waals surface area contributed by atoms with Crippen molar-refractivity contribution < 1.29 is 9.52 Å². The van der Waals surface area contributed by atoms with Gasteiger partial charge in [0, 0.05) is 12.1 Å². The van der Waals surface area contributed by atoms with Crippen LogP contribution in [0.1, 0.15) is 18.9 Å². The number of hydrogen-bond donors (Lipinski definition) is 2. The van der Waals surface area contributed by atoms with Gasteiger partial charge < -0.3 is 15.3 Å². The molecule has 3 nitrogen and oxygen atoms in total. The van der Waals surface area contributed by atoms with E-state index in [1.54, 1.807) is 6.07 Å². The van der Waals surface area contributed by atoms with Crippen molar-refractivity contribution in [1.82, 2.24) is 0 Å². The smallest absolute Gasteiger partial charge is 0.105 e. The molecule has 3 N–H and O–H groups in total. The molecule has 0 aromatic carbocycles. The normalized spacial score (nSPS) is 16.3. The van der Waals surface area contributed by atoms with Crippen LogP contribution in [0, 0.1) is 0 Å². The monoisotopic (exact) mass is 155 g/mol. The first kappa shape index (κ1) is 8.30. The quantitative estimate of drug-likeness (QED) is 0.679. The minimum atomic E-state index is -0.910. The predicted octanol–water partition coefficient (Wildman–Crippen LogP) is 0.836. The Kier molecular flexibility index (Phi) is 2.31. The third-order valence-corrected chi connectivity index (χ3v) is 1.98. The molecule has 0 amide bonds. The Morgan fingerprint density at radius 1 is 1.73 bits per heavy atom. The summed E-state index contributed by atoms with van der Waals surface area (Å²) < 4.78 is 4.85. The third-order valence-electron chi connectivity index (χ3n) is 1.98. The Morgan fingerprint density at radius 2 is 2.45 bits per heavy atom. The fourth-order valence-electron chi connectivity index (χ4n) is 0.996. The fourth-order valence-corrected chi connectivity index (χ4v) is 0.996. The molecule has 0 aliphatic carbocycles. The van der Waals surface area contributed by atoms with E-state index in [0.717, 1.165) is 5.56 Å². The van der Waals surface area contributed by atoms with Gasteiger partial charge in [-0.05, 0) is 12.5 Å². The molecule has 1 atom stereocenters. The molecule has 0 saturated heterocycles. The molecule has 11 heavy (non-hydrogen) atoms. The third kappa shape index (κ3) is 1.44. The van der Waals surface area contributed by atoms with E-state index in [2.05, 4.69) is 0 Å². The molecule has 1 aromatic rings. The van der Waals surface area contributed by atoms with Gasteiger partial charge in [-0.25, -0.2) is 0 Å². The Labute approximate surface area is 65.8 Å². The number of furan rings is 1. The van der Waals surface area contributed by atoms with E-state index in [1.165, 1.54) is 12.5 Å². The van der Waals surface area contributed by atoms with Gasteiger partial charge in [-0.15, -0.1) is 0 Å². The highest BCUT2D eigenvalue weighted by atomic mass is 16.3. The van der Waals surface area contributed by atoms with Crippen LogP contribution in [0.15, 0.2) is 23.0 Å². The van der Waals surface area contributed by atoms with E-state index in [-0.39, 0.29) is 6.54 Å². The largest absolute Gasteiger partial charge is 0.472 e. The zero-order chi connectivity index (χ0) is 8.32. The molecule has 1 unspecified atom stereocenters. The summed E-state index contributed by atoms with van der Waals surface area (Å²) in [5, 5.41) is 9.80. The van der Waals surface area contributed by atoms with Gasteiger partial charge in [0.2, 0.25) is 0 Å². The van der Waals surface area contributed by atoms with Gasteiger partial charge in [0.25, 0.3) is 0 Å². The second-order valence-electron chi connectivity index (χ2n) is 2.60. The molecule has 0 bridgehead atoms. The van der Waals surface area contributed by atoms with Crippen molar-refractivity contribution in [3.05, 3.63) is 24.2 Å². The maximum absolute atomic E-state index is 9.80. The highest BCUT2D eigenvalue weighted by molar-refractivity contribution is 5.16.